The predicted octanol–water partition coefficient (Wildman–Crippen LogP) is 11.8. The van der Waals surface area contributed by atoms with Crippen molar-refractivity contribution in [2.24, 2.45) is 0 Å². The van der Waals surface area contributed by atoms with Gasteiger partial charge in [-0.05, 0) is 59.2 Å². The highest BCUT2D eigenvalue weighted by Gasteiger charge is 2.22. The van der Waals surface area contributed by atoms with Crippen LogP contribution in [0.5, 0.6) is 0 Å². The lowest BCUT2D eigenvalue weighted by Crippen LogP contribution is -1.94. The second-order valence-corrected chi connectivity index (χ2v) is 11.9. The van der Waals surface area contributed by atoms with Crippen LogP contribution in [0.3, 0.4) is 0 Å². The fraction of sp³-hybridized carbons (Fsp3) is 0. The van der Waals surface area contributed by atoms with E-state index < -0.39 is 0 Å². The van der Waals surface area contributed by atoms with E-state index in [9.17, 15) is 0 Å². The highest BCUT2D eigenvalue weighted by Crippen LogP contribution is 2.43. The van der Waals surface area contributed by atoms with Gasteiger partial charge in [0.15, 0.2) is 5.58 Å². The molecule has 7 aromatic carbocycles. The molecule has 0 atom stereocenters. The highest BCUT2D eigenvalue weighted by atomic mass is 16.4. The Bertz CT molecular complexity index is 2790. The maximum atomic E-state index is 6.75. The fourth-order valence-electron chi connectivity index (χ4n) is 7.16. The molecule has 0 aliphatic carbocycles. The van der Waals surface area contributed by atoms with Gasteiger partial charge in [-0.1, -0.05) is 115 Å². The van der Waals surface area contributed by atoms with Crippen LogP contribution in [-0.2, 0) is 0 Å². The van der Waals surface area contributed by atoms with Crippen molar-refractivity contribution < 1.29 is 8.83 Å². The number of nitrogens with zero attached hydrogens (tertiary/aromatic N) is 2. The van der Waals surface area contributed by atoms with Crippen LogP contribution in [0.25, 0.3) is 94.2 Å². The summed E-state index contributed by atoms with van der Waals surface area (Å²) in [7, 11) is 0. The number of aromatic nitrogens is 2. The molecule has 3 heterocycles. The number of benzene rings is 7. The normalized spacial score (nSPS) is 11.8. The molecule has 0 spiro atoms. The van der Waals surface area contributed by atoms with Crippen LogP contribution in [0, 0.1) is 0 Å². The Labute approximate surface area is 269 Å². The van der Waals surface area contributed by atoms with Crippen molar-refractivity contribution in [2.45, 2.75) is 0 Å². The summed E-state index contributed by atoms with van der Waals surface area (Å²) in [5.41, 5.74) is 12.0. The van der Waals surface area contributed by atoms with Crippen LogP contribution in [-0.4, -0.2) is 9.55 Å². The molecule has 0 saturated heterocycles. The molecule has 4 nitrogen and oxygen atoms in total. The van der Waals surface area contributed by atoms with Gasteiger partial charge in [0.2, 0.25) is 5.89 Å². The average molecular weight is 603 g/mol. The lowest BCUT2D eigenvalue weighted by molar-refractivity contribution is 0.623. The standard InChI is InChI=1S/C43H26N2O2/c1-3-12-27(13-4-1)29-16-9-17-30(26-29)45-36-22-8-7-18-32(36)39-34(21-11-23-37(39)45)43-44-35-24-25-38-40(42(35)47-43)33-20-10-19-31(41(33)46-38)28-14-5-2-6-15-28/h1-26H. The second kappa shape index (κ2) is 10.1. The molecule has 0 radical (unpaired) electrons. The van der Waals surface area contributed by atoms with E-state index in [1.54, 1.807) is 0 Å². The average Bonchev–Trinajstić information content (AvgIpc) is 3.84. The fourth-order valence-corrected chi connectivity index (χ4v) is 7.16. The molecule has 0 N–H and O–H groups in total. The molecule has 0 fully saturated rings. The summed E-state index contributed by atoms with van der Waals surface area (Å²) in [6, 6.07) is 54.9. The van der Waals surface area contributed by atoms with Gasteiger partial charge in [-0.2, -0.15) is 0 Å². The first-order valence-corrected chi connectivity index (χ1v) is 15.8. The molecule has 4 heteroatoms. The minimum absolute atomic E-state index is 0.590. The van der Waals surface area contributed by atoms with Gasteiger partial charge < -0.3 is 13.4 Å². The van der Waals surface area contributed by atoms with E-state index in [2.05, 4.69) is 144 Å². The number of hydrogen-bond donors (Lipinski definition) is 0. The molecule has 0 aliphatic heterocycles. The monoisotopic (exact) mass is 602 g/mol. The summed E-state index contributed by atoms with van der Waals surface area (Å²) < 4.78 is 15.6. The lowest BCUT2D eigenvalue weighted by atomic mass is 10.0. The summed E-state index contributed by atoms with van der Waals surface area (Å²) in [6.07, 6.45) is 0. The molecule has 0 saturated carbocycles. The van der Waals surface area contributed by atoms with Crippen LogP contribution < -0.4 is 0 Å². The van der Waals surface area contributed by atoms with E-state index in [1.165, 1.54) is 11.1 Å². The predicted molar refractivity (Wildman–Crippen MR) is 192 cm³/mol. The van der Waals surface area contributed by atoms with Crippen LogP contribution >= 0.6 is 0 Å². The van der Waals surface area contributed by atoms with Gasteiger partial charge in [0, 0.05) is 33.0 Å². The first-order chi connectivity index (χ1) is 23.3. The molecule has 3 aromatic heterocycles. The van der Waals surface area contributed by atoms with Crippen molar-refractivity contribution >= 4 is 54.8 Å². The molecular formula is C43H26N2O2. The molecule has 47 heavy (non-hydrogen) atoms. The molecular weight excluding hydrogens is 576 g/mol. The molecule has 0 aliphatic rings. The lowest BCUT2D eigenvalue weighted by Gasteiger charge is -2.10. The summed E-state index contributed by atoms with van der Waals surface area (Å²) in [5.74, 6) is 0.590. The second-order valence-electron chi connectivity index (χ2n) is 11.9. The van der Waals surface area contributed by atoms with Gasteiger partial charge in [-0.25, -0.2) is 4.98 Å². The van der Waals surface area contributed by atoms with Crippen molar-refractivity contribution in [3.8, 4) is 39.4 Å². The van der Waals surface area contributed by atoms with Crippen LogP contribution in [0.15, 0.2) is 167 Å². The summed E-state index contributed by atoms with van der Waals surface area (Å²) in [5, 5.41) is 4.22. The number of hydrogen-bond acceptors (Lipinski definition) is 3. The molecule has 220 valence electrons. The Morgan fingerprint density at radius 1 is 0.447 bits per heavy atom. The summed E-state index contributed by atoms with van der Waals surface area (Å²) in [6.45, 7) is 0. The maximum absolute atomic E-state index is 6.75. The number of furan rings is 1. The van der Waals surface area contributed by atoms with Crippen molar-refractivity contribution in [3.05, 3.63) is 158 Å². The van der Waals surface area contributed by atoms with E-state index >= 15 is 0 Å². The smallest absolute Gasteiger partial charge is 0.228 e. The van der Waals surface area contributed by atoms with Crippen LogP contribution in [0.1, 0.15) is 0 Å². The molecule has 0 amide bonds. The molecule has 0 bridgehead atoms. The SMILES string of the molecule is c1ccc(-c2cccc(-n3c4ccccc4c4c(-c5nc6ccc7oc8c(-c9ccccc9)cccc8c7c6o5)cccc43)c2)cc1. The van der Waals surface area contributed by atoms with Gasteiger partial charge in [-0.3, -0.25) is 0 Å². The Hall–Kier alpha value is -6.39. The molecule has 10 rings (SSSR count). The zero-order chi connectivity index (χ0) is 30.9. The van der Waals surface area contributed by atoms with E-state index in [0.29, 0.717) is 5.89 Å². The van der Waals surface area contributed by atoms with Gasteiger partial charge in [0.1, 0.15) is 16.7 Å². The number of rotatable bonds is 4. The minimum Gasteiger partial charge on any atom is -0.455 e. The first kappa shape index (κ1) is 25.9. The quantitative estimate of drug-likeness (QED) is 0.201. The van der Waals surface area contributed by atoms with Gasteiger partial charge in [-0.15, -0.1) is 0 Å². The maximum Gasteiger partial charge on any atom is 0.228 e. The third-order valence-electron chi connectivity index (χ3n) is 9.24. The van der Waals surface area contributed by atoms with Crippen molar-refractivity contribution in [3.63, 3.8) is 0 Å². The van der Waals surface area contributed by atoms with E-state index in [0.717, 1.165) is 77.2 Å². The summed E-state index contributed by atoms with van der Waals surface area (Å²) >= 11 is 0. The zero-order valence-corrected chi connectivity index (χ0v) is 25.2. The Balaban J connectivity index is 1.20. The highest BCUT2D eigenvalue weighted by molar-refractivity contribution is 6.19. The van der Waals surface area contributed by atoms with Crippen molar-refractivity contribution in [2.75, 3.05) is 0 Å². The third-order valence-corrected chi connectivity index (χ3v) is 9.24. The zero-order valence-electron chi connectivity index (χ0n) is 25.2. The minimum atomic E-state index is 0.590. The number of oxazole rings is 1. The number of para-hydroxylation sites is 2. The van der Waals surface area contributed by atoms with Crippen LogP contribution in [0.4, 0.5) is 0 Å². The first-order valence-electron chi connectivity index (χ1n) is 15.8. The molecule has 0 unspecified atom stereocenters. The Morgan fingerprint density at radius 2 is 1.13 bits per heavy atom. The van der Waals surface area contributed by atoms with Gasteiger partial charge in [0.25, 0.3) is 0 Å². The number of fused-ring (bicyclic) bond motifs is 8. The van der Waals surface area contributed by atoms with E-state index in [-0.39, 0.29) is 0 Å². The Kier molecular flexibility index (Phi) is 5.54. The van der Waals surface area contributed by atoms with Gasteiger partial charge in [0.05, 0.1) is 16.4 Å². The van der Waals surface area contributed by atoms with Crippen molar-refractivity contribution in [1.29, 1.82) is 0 Å². The van der Waals surface area contributed by atoms with Crippen molar-refractivity contribution in [1.82, 2.24) is 9.55 Å². The third kappa shape index (κ3) is 3.92. The van der Waals surface area contributed by atoms with Crippen LogP contribution in [0.2, 0.25) is 0 Å². The summed E-state index contributed by atoms with van der Waals surface area (Å²) in [4.78, 5) is 5.08. The molecule has 10 aromatic rings. The topological polar surface area (TPSA) is 44.1 Å². The van der Waals surface area contributed by atoms with E-state index in [4.69, 9.17) is 13.8 Å². The van der Waals surface area contributed by atoms with E-state index in [1.807, 2.05) is 18.2 Å². The largest absolute Gasteiger partial charge is 0.455 e. The van der Waals surface area contributed by atoms with Gasteiger partial charge >= 0.3 is 0 Å². The Morgan fingerprint density at radius 3 is 2.00 bits per heavy atom.